The van der Waals surface area contributed by atoms with Gasteiger partial charge in [-0.3, -0.25) is 0 Å². The van der Waals surface area contributed by atoms with Gasteiger partial charge in [-0.05, 0) is 35.4 Å². The number of benzene rings is 2. The summed E-state index contributed by atoms with van der Waals surface area (Å²) in [6.45, 7) is 0.747. The van der Waals surface area contributed by atoms with Gasteiger partial charge >= 0.3 is 6.09 Å². The first-order chi connectivity index (χ1) is 12.8. The van der Waals surface area contributed by atoms with Gasteiger partial charge in [0, 0.05) is 6.42 Å². The van der Waals surface area contributed by atoms with Crippen molar-refractivity contribution in [3.63, 3.8) is 0 Å². The van der Waals surface area contributed by atoms with E-state index in [4.69, 9.17) is 9.47 Å². The Balaban J connectivity index is 1.28. The monoisotopic (exact) mass is 351 g/mol. The molecule has 0 spiro atoms. The molecule has 1 unspecified atom stereocenters. The third kappa shape index (κ3) is 3.85. The Morgan fingerprint density at radius 2 is 1.88 bits per heavy atom. The number of hydrogen-bond acceptors (Lipinski definition) is 3. The molecule has 1 aliphatic carbocycles. The van der Waals surface area contributed by atoms with Crippen molar-refractivity contribution in [2.75, 3.05) is 6.54 Å². The van der Waals surface area contributed by atoms with Crippen LogP contribution in [-0.2, 0) is 17.8 Å². The van der Waals surface area contributed by atoms with Crippen LogP contribution in [-0.4, -0.2) is 18.7 Å². The maximum Gasteiger partial charge on any atom is 0.407 e. The topological polar surface area (TPSA) is 47.6 Å². The van der Waals surface area contributed by atoms with Crippen LogP contribution in [0.1, 0.15) is 48.3 Å². The van der Waals surface area contributed by atoms with E-state index in [9.17, 15) is 4.79 Å². The highest BCUT2D eigenvalue weighted by atomic mass is 16.5. The van der Waals surface area contributed by atoms with Crippen LogP contribution in [0.15, 0.2) is 48.5 Å². The zero-order chi connectivity index (χ0) is 17.8. The number of fused-ring (bicyclic) bond motifs is 1. The van der Waals surface area contributed by atoms with Crippen molar-refractivity contribution in [2.24, 2.45) is 0 Å². The molecule has 1 N–H and O–H groups in total. The van der Waals surface area contributed by atoms with Crippen molar-refractivity contribution < 1.29 is 14.3 Å². The van der Waals surface area contributed by atoms with Crippen molar-refractivity contribution >= 4 is 6.09 Å². The minimum absolute atomic E-state index is 0.0168. The van der Waals surface area contributed by atoms with Crippen LogP contribution in [0.25, 0.3) is 0 Å². The highest BCUT2D eigenvalue weighted by Gasteiger charge is 2.29. The van der Waals surface area contributed by atoms with Gasteiger partial charge < -0.3 is 14.8 Å². The van der Waals surface area contributed by atoms with E-state index in [-0.39, 0.29) is 12.7 Å². The van der Waals surface area contributed by atoms with E-state index in [1.165, 1.54) is 36.8 Å². The number of alkyl carbamates (subject to hydrolysis) is 1. The van der Waals surface area contributed by atoms with Gasteiger partial charge in [-0.1, -0.05) is 61.4 Å². The molecule has 1 amide bonds. The number of hydrogen-bond donors (Lipinski definition) is 1. The van der Waals surface area contributed by atoms with E-state index in [1.807, 2.05) is 30.3 Å². The van der Waals surface area contributed by atoms with Crippen molar-refractivity contribution in [1.29, 1.82) is 0 Å². The second-order valence-electron chi connectivity index (χ2n) is 7.20. The van der Waals surface area contributed by atoms with E-state index in [2.05, 4.69) is 23.5 Å². The molecule has 4 rings (SSSR count). The lowest BCUT2D eigenvalue weighted by Gasteiger charge is -2.16. The van der Waals surface area contributed by atoms with Crippen LogP contribution < -0.4 is 10.1 Å². The number of ether oxygens (including phenoxy) is 2. The number of carbonyl (C=O) groups excluding carboxylic acids is 1. The third-order valence-electron chi connectivity index (χ3n) is 5.34. The summed E-state index contributed by atoms with van der Waals surface area (Å²) in [5.41, 5.74) is 3.60. The predicted octanol–water partition coefficient (Wildman–Crippen LogP) is 4.57. The zero-order valence-electron chi connectivity index (χ0n) is 14.9. The average molecular weight is 351 g/mol. The molecule has 4 nitrogen and oxygen atoms in total. The fourth-order valence-electron chi connectivity index (χ4n) is 4.01. The Labute approximate surface area is 154 Å². The first kappa shape index (κ1) is 17.0. The highest BCUT2D eigenvalue weighted by molar-refractivity contribution is 5.67. The van der Waals surface area contributed by atoms with Crippen LogP contribution >= 0.6 is 0 Å². The van der Waals surface area contributed by atoms with Gasteiger partial charge in [0.2, 0.25) is 0 Å². The first-order valence-electron chi connectivity index (χ1n) is 9.52. The lowest BCUT2D eigenvalue weighted by molar-refractivity contribution is 0.133. The lowest BCUT2D eigenvalue weighted by atomic mass is 9.94. The summed E-state index contributed by atoms with van der Waals surface area (Å²) in [4.78, 5) is 11.9. The van der Waals surface area contributed by atoms with Crippen molar-refractivity contribution in [2.45, 2.75) is 50.7 Å². The molecule has 1 heterocycles. The molecule has 0 saturated heterocycles. The highest BCUT2D eigenvalue weighted by Crippen LogP contribution is 2.42. The van der Waals surface area contributed by atoms with Crippen molar-refractivity contribution in [3.05, 3.63) is 65.2 Å². The second kappa shape index (κ2) is 7.81. The molecule has 0 aromatic heterocycles. The molecular formula is C22H25NO3. The summed E-state index contributed by atoms with van der Waals surface area (Å²) in [7, 11) is 0. The Hall–Kier alpha value is -2.49. The summed E-state index contributed by atoms with van der Waals surface area (Å²) in [6.07, 6.45) is 5.57. The molecule has 136 valence electrons. The normalized spacial score (nSPS) is 19.0. The van der Waals surface area contributed by atoms with Crippen molar-refractivity contribution in [3.8, 4) is 5.75 Å². The van der Waals surface area contributed by atoms with E-state index >= 15 is 0 Å². The Morgan fingerprint density at radius 3 is 2.69 bits per heavy atom. The summed E-state index contributed by atoms with van der Waals surface area (Å²) < 4.78 is 11.5. The quantitative estimate of drug-likeness (QED) is 0.858. The van der Waals surface area contributed by atoms with E-state index in [1.54, 1.807) is 0 Å². The molecule has 4 heteroatoms. The van der Waals surface area contributed by atoms with Gasteiger partial charge in [-0.25, -0.2) is 4.79 Å². The number of amides is 1. The minimum atomic E-state index is -0.399. The SMILES string of the molecule is O=C(NCC1Cc2cccc(C3CCCC3)c2O1)OCc1ccccc1. The van der Waals surface area contributed by atoms with Gasteiger partial charge in [0.1, 0.15) is 18.5 Å². The van der Waals surface area contributed by atoms with Crippen LogP contribution in [0.5, 0.6) is 5.75 Å². The standard InChI is InChI=1S/C22H25NO3/c24-22(25-15-16-7-2-1-3-8-16)23-14-19-13-18-11-6-12-20(21(18)26-19)17-9-4-5-10-17/h1-3,6-8,11-12,17,19H,4-5,9-10,13-15H2,(H,23,24). The Kier molecular flexibility index (Phi) is 5.09. The molecule has 26 heavy (non-hydrogen) atoms. The molecule has 2 aliphatic rings. The fourth-order valence-corrected chi connectivity index (χ4v) is 4.01. The second-order valence-corrected chi connectivity index (χ2v) is 7.20. The molecular weight excluding hydrogens is 326 g/mol. The number of nitrogens with one attached hydrogen (secondary N) is 1. The maximum absolute atomic E-state index is 11.9. The van der Waals surface area contributed by atoms with Crippen LogP contribution in [0.3, 0.4) is 0 Å². The molecule has 1 fully saturated rings. The van der Waals surface area contributed by atoms with E-state index in [0.717, 1.165) is 17.7 Å². The molecule has 2 aromatic carbocycles. The van der Waals surface area contributed by atoms with Crippen molar-refractivity contribution in [1.82, 2.24) is 5.32 Å². The average Bonchev–Trinajstić information content (AvgIpc) is 3.34. The van der Waals surface area contributed by atoms with Gasteiger partial charge in [0.15, 0.2) is 0 Å². The van der Waals surface area contributed by atoms with Gasteiger partial charge in [-0.15, -0.1) is 0 Å². The van der Waals surface area contributed by atoms with Gasteiger partial charge in [0.25, 0.3) is 0 Å². The van der Waals surface area contributed by atoms with Crippen LogP contribution in [0, 0.1) is 0 Å². The maximum atomic E-state index is 11.9. The smallest absolute Gasteiger partial charge is 0.407 e. The Bertz CT molecular complexity index is 753. The summed E-state index contributed by atoms with van der Waals surface area (Å²) >= 11 is 0. The van der Waals surface area contributed by atoms with Crippen LogP contribution in [0.2, 0.25) is 0 Å². The fraction of sp³-hybridized carbons (Fsp3) is 0.409. The van der Waals surface area contributed by atoms with E-state index in [0.29, 0.717) is 12.5 Å². The zero-order valence-corrected chi connectivity index (χ0v) is 14.9. The minimum Gasteiger partial charge on any atom is -0.488 e. The molecule has 2 aromatic rings. The summed E-state index contributed by atoms with van der Waals surface area (Å²) in [5.74, 6) is 1.69. The lowest BCUT2D eigenvalue weighted by Crippen LogP contribution is -2.34. The summed E-state index contributed by atoms with van der Waals surface area (Å²) in [5, 5.41) is 2.83. The number of carbonyl (C=O) groups is 1. The number of para-hydroxylation sites is 1. The van der Waals surface area contributed by atoms with E-state index < -0.39 is 6.09 Å². The molecule has 1 aliphatic heterocycles. The molecule has 1 saturated carbocycles. The van der Waals surface area contributed by atoms with Gasteiger partial charge in [-0.2, -0.15) is 0 Å². The molecule has 0 radical (unpaired) electrons. The van der Waals surface area contributed by atoms with Crippen LogP contribution in [0.4, 0.5) is 4.79 Å². The van der Waals surface area contributed by atoms with Gasteiger partial charge in [0.05, 0.1) is 6.54 Å². The number of rotatable bonds is 5. The summed E-state index contributed by atoms with van der Waals surface area (Å²) in [6, 6.07) is 16.2. The molecule has 1 atom stereocenters. The Morgan fingerprint density at radius 1 is 1.08 bits per heavy atom. The first-order valence-corrected chi connectivity index (χ1v) is 9.52. The largest absolute Gasteiger partial charge is 0.488 e. The third-order valence-corrected chi connectivity index (χ3v) is 5.34. The molecule has 0 bridgehead atoms. The predicted molar refractivity (Wildman–Crippen MR) is 100 cm³/mol.